The highest BCUT2D eigenvalue weighted by atomic mass is 79.9. The van der Waals surface area contributed by atoms with E-state index in [-0.39, 0.29) is 61.3 Å². The van der Waals surface area contributed by atoms with Crippen LogP contribution in [0.2, 0.25) is 15.1 Å². The highest BCUT2D eigenvalue weighted by Gasteiger charge is 2.66. The lowest BCUT2D eigenvalue weighted by molar-refractivity contribution is -0.123. The van der Waals surface area contributed by atoms with Gasteiger partial charge in [0.1, 0.15) is 0 Å². The van der Waals surface area contributed by atoms with E-state index in [9.17, 15) is 19.2 Å². The minimum Gasteiger partial charge on any atom is -0.454 e. The molecule has 3 aromatic carbocycles. The van der Waals surface area contributed by atoms with E-state index < -0.39 is 18.4 Å². The first-order valence-electron chi connectivity index (χ1n) is 14.5. The number of amides is 2. The number of imide groups is 1. The summed E-state index contributed by atoms with van der Waals surface area (Å²) in [5.41, 5.74) is 3.12. The number of hydrogen-bond acceptors (Lipinski definition) is 6. The van der Waals surface area contributed by atoms with E-state index in [4.69, 9.17) is 44.5 Å². The molecular formula is C34H23Br2Cl3N2O5. The van der Waals surface area contributed by atoms with Gasteiger partial charge in [-0.05, 0) is 73.2 Å². The van der Waals surface area contributed by atoms with E-state index in [0.717, 1.165) is 6.42 Å². The van der Waals surface area contributed by atoms with Crippen LogP contribution < -0.4 is 4.90 Å². The van der Waals surface area contributed by atoms with Gasteiger partial charge in [0.25, 0.3) is 0 Å². The first-order valence-corrected chi connectivity index (χ1v) is 17.4. The lowest BCUT2D eigenvalue weighted by Gasteiger charge is -2.28. The van der Waals surface area contributed by atoms with E-state index in [0.29, 0.717) is 43.5 Å². The zero-order valence-corrected chi connectivity index (χ0v) is 29.4. The number of benzene rings is 3. The average Bonchev–Trinajstić information content (AvgIpc) is 3.65. The number of hydrogen-bond donors (Lipinski definition) is 0. The molecule has 4 aromatic rings. The van der Waals surface area contributed by atoms with Crippen molar-refractivity contribution in [1.29, 1.82) is 0 Å². The number of alkyl halides is 2. The van der Waals surface area contributed by atoms with Gasteiger partial charge in [-0.15, -0.1) is 0 Å². The second kappa shape index (κ2) is 12.0. The molecule has 2 heterocycles. The first kappa shape index (κ1) is 31.8. The molecule has 46 heavy (non-hydrogen) atoms. The van der Waals surface area contributed by atoms with Crippen molar-refractivity contribution < 1.29 is 23.9 Å². The summed E-state index contributed by atoms with van der Waals surface area (Å²) in [4.78, 5) is 59.7. The highest BCUT2D eigenvalue weighted by Crippen LogP contribution is 2.60. The molecular weight excluding hydrogens is 783 g/mol. The van der Waals surface area contributed by atoms with Crippen LogP contribution in [0.3, 0.4) is 0 Å². The Morgan fingerprint density at radius 2 is 1.52 bits per heavy atom. The summed E-state index contributed by atoms with van der Waals surface area (Å²) in [6.07, 6.45) is 0.857. The maximum Gasteiger partial charge on any atom is 0.339 e. The van der Waals surface area contributed by atoms with Crippen molar-refractivity contribution in [3.05, 3.63) is 92.4 Å². The summed E-state index contributed by atoms with van der Waals surface area (Å²) in [5, 5.41) is 1.52. The second-order valence-electron chi connectivity index (χ2n) is 11.8. The van der Waals surface area contributed by atoms with Gasteiger partial charge >= 0.3 is 5.97 Å². The van der Waals surface area contributed by atoms with Gasteiger partial charge in [0.05, 0.1) is 39.3 Å². The Labute approximate surface area is 295 Å². The van der Waals surface area contributed by atoms with Gasteiger partial charge in [-0.1, -0.05) is 84.9 Å². The van der Waals surface area contributed by atoms with Crippen LogP contribution in [0.4, 0.5) is 5.69 Å². The molecule has 6 atom stereocenters. The van der Waals surface area contributed by atoms with Crippen LogP contribution in [0, 0.1) is 30.6 Å². The number of carbonyl (C=O) groups is 4. The van der Waals surface area contributed by atoms with Crippen LogP contribution in [-0.4, -0.2) is 44.8 Å². The molecule has 1 aliphatic heterocycles. The number of anilines is 1. The summed E-state index contributed by atoms with van der Waals surface area (Å²) < 4.78 is 5.45. The SMILES string of the molecule is Cc1c(Cl)ccc2c(C(=O)OCC(=O)c3ccc(Cl)cc3Cl)cc(-c3ccc(N4C(=O)C5C6CC(C(Br)C6Br)C5C4=O)cc3)nc12. The summed E-state index contributed by atoms with van der Waals surface area (Å²) in [7, 11) is 0. The lowest BCUT2D eigenvalue weighted by atomic mass is 9.81. The number of carbonyl (C=O) groups excluding carboxylic acids is 4. The molecule has 0 spiro atoms. The maximum absolute atomic E-state index is 13.5. The molecule has 1 saturated heterocycles. The van der Waals surface area contributed by atoms with Crippen molar-refractivity contribution in [2.75, 3.05) is 11.5 Å². The fraction of sp³-hybridized carbons (Fsp3) is 0.265. The van der Waals surface area contributed by atoms with Gasteiger partial charge in [0.15, 0.2) is 6.61 Å². The Hall–Kier alpha value is -2.82. The van der Waals surface area contributed by atoms with Crippen LogP contribution in [-0.2, 0) is 14.3 Å². The quantitative estimate of drug-likeness (QED) is 0.0841. The third-order valence-corrected chi connectivity index (χ3v) is 13.5. The third-order valence-electron chi connectivity index (χ3n) is 9.36. The molecule has 3 aliphatic rings. The lowest BCUT2D eigenvalue weighted by Crippen LogP contribution is -2.37. The van der Waals surface area contributed by atoms with E-state index in [1.54, 1.807) is 49.4 Å². The number of fused-ring (bicyclic) bond motifs is 6. The third kappa shape index (κ3) is 5.10. The van der Waals surface area contributed by atoms with E-state index in [1.807, 2.05) is 0 Å². The number of ketones is 1. The van der Waals surface area contributed by atoms with Gasteiger partial charge in [0.2, 0.25) is 17.6 Å². The largest absolute Gasteiger partial charge is 0.454 e. The second-order valence-corrected chi connectivity index (χ2v) is 15.2. The van der Waals surface area contributed by atoms with Crippen molar-refractivity contribution in [3.8, 4) is 11.3 Å². The minimum absolute atomic E-state index is 0.119. The van der Waals surface area contributed by atoms with E-state index >= 15 is 0 Å². The Bertz CT molecular complexity index is 1960. The molecule has 7 nitrogen and oxygen atoms in total. The summed E-state index contributed by atoms with van der Waals surface area (Å²) in [6.45, 7) is 1.27. The smallest absolute Gasteiger partial charge is 0.339 e. The summed E-state index contributed by atoms with van der Waals surface area (Å²) in [6, 6.07) is 16.4. The number of halogens is 5. The Kier molecular flexibility index (Phi) is 8.29. The number of rotatable bonds is 6. The van der Waals surface area contributed by atoms with Crippen molar-refractivity contribution >= 4 is 107 Å². The highest BCUT2D eigenvalue weighted by molar-refractivity contribution is 9.12. The molecule has 2 saturated carbocycles. The molecule has 0 N–H and O–H groups in total. The number of Topliss-reactive ketones (excluding diaryl/α,β-unsaturated/α-hetero) is 1. The van der Waals surface area contributed by atoms with E-state index in [2.05, 4.69) is 31.9 Å². The van der Waals surface area contributed by atoms with Gasteiger partial charge in [-0.2, -0.15) is 0 Å². The van der Waals surface area contributed by atoms with Crippen LogP contribution in [0.15, 0.2) is 60.7 Å². The fourth-order valence-electron chi connectivity index (χ4n) is 7.11. The summed E-state index contributed by atoms with van der Waals surface area (Å²) >= 11 is 26.0. The standard InChI is InChI=1S/C34H23Br2Cl3N2O5/c1-14-23(38)9-8-18-20(34(45)46-13-26(42)19-7-4-16(37)10-24(19)39)12-25(40-31(14)18)15-2-5-17(6-3-15)41-32(43)27-21-11-22(28(27)33(41)44)30(36)29(21)35/h2-10,12,21-22,27-30H,11,13H2,1H3. The van der Waals surface area contributed by atoms with Gasteiger partial charge in [-0.3, -0.25) is 19.3 Å². The molecule has 234 valence electrons. The number of ether oxygens (including phenoxy) is 1. The molecule has 2 amide bonds. The minimum atomic E-state index is -0.727. The number of aromatic nitrogens is 1. The Balaban J connectivity index is 1.18. The monoisotopic (exact) mass is 802 g/mol. The van der Waals surface area contributed by atoms with Crippen molar-refractivity contribution in [2.45, 2.75) is 23.0 Å². The van der Waals surface area contributed by atoms with E-state index in [1.165, 1.54) is 23.1 Å². The molecule has 0 radical (unpaired) electrons. The average molecular weight is 806 g/mol. The van der Waals surface area contributed by atoms with Crippen molar-refractivity contribution in [3.63, 3.8) is 0 Å². The van der Waals surface area contributed by atoms with Gasteiger partial charge < -0.3 is 4.74 Å². The Morgan fingerprint density at radius 3 is 2.15 bits per heavy atom. The molecule has 6 unspecified atom stereocenters. The molecule has 12 heteroatoms. The predicted molar refractivity (Wildman–Crippen MR) is 185 cm³/mol. The molecule has 1 aromatic heterocycles. The maximum atomic E-state index is 13.5. The Morgan fingerprint density at radius 1 is 0.870 bits per heavy atom. The normalized spacial score (nSPS) is 25.0. The van der Waals surface area contributed by atoms with Crippen LogP contribution in [0.1, 0.15) is 32.7 Å². The fourth-order valence-corrected chi connectivity index (χ4v) is 9.65. The van der Waals surface area contributed by atoms with Crippen LogP contribution >= 0.6 is 66.7 Å². The van der Waals surface area contributed by atoms with Crippen LogP contribution in [0.25, 0.3) is 22.2 Å². The number of esters is 1. The van der Waals surface area contributed by atoms with Gasteiger partial charge in [0, 0.05) is 36.2 Å². The molecule has 7 rings (SSSR count). The number of nitrogens with zero attached hydrogens (tertiary/aromatic N) is 2. The van der Waals surface area contributed by atoms with Gasteiger partial charge in [-0.25, -0.2) is 9.78 Å². The molecule has 2 bridgehead atoms. The molecule has 2 aliphatic carbocycles. The van der Waals surface area contributed by atoms with Crippen LogP contribution in [0.5, 0.6) is 0 Å². The summed E-state index contributed by atoms with van der Waals surface area (Å²) in [5.74, 6) is -1.93. The topological polar surface area (TPSA) is 93.6 Å². The zero-order chi connectivity index (χ0) is 32.6. The first-order chi connectivity index (χ1) is 22.0. The van der Waals surface area contributed by atoms with Crippen molar-refractivity contribution in [1.82, 2.24) is 4.98 Å². The number of pyridine rings is 1. The van der Waals surface area contributed by atoms with Crippen molar-refractivity contribution in [2.24, 2.45) is 23.7 Å². The predicted octanol–water partition coefficient (Wildman–Crippen LogP) is 8.49. The molecule has 3 fully saturated rings. The zero-order valence-electron chi connectivity index (χ0n) is 24.0. The number of aryl methyl sites for hydroxylation is 1.